The summed E-state index contributed by atoms with van der Waals surface area (Å²) in [6, 6.07) is 10.8. The van der Waals surface area contributed by atoms with E-state index in [1.54, 1.807) is 25.1 Å². The number of pyridine rings is 1. The minimum absolute atomic E-state index is 0.0135. The number of benzene rings is 1. The second kappa shape index (κ2) is 11.2. The summed E-state index contributed by atoms with van der Waals surface area (Å²) >= 11 is 0. The average molecular weight is 560 g/mol. The van der Waals surface area contributed by atoms with E-state index in [0.29, 0.717) is 41.9 Å². The Hall–Kier alpha value is -3.31. The zero-order valence-electron chi connectivity index (χ0n) is 25.0. The van der Waals surface area contributed by atoms with Crippen molar-refractivity contribution in [3.8, 4) is 6.07 Å². The maximum Gasteiger partial charge on any atom is 0.255 e. The number of fused-ring (bicyclic) bond motifs is 1. The van der Waals surface area contributed by atoms with Gasteiger partial charge in [-0.2, -0.15) is 5.26 Å². The fourth-order valence-electron chi connectivity index (χ4n) is 7.29. The van der Waals surface area contributed by atoms with E-state index >= 15 is 0 Å². The fourth-order valence-corrected chi connectivity index (χ4v) is 7.29. The van der Waals surface area contributed by atoms with Crippen LogP contribution in [-0.2, 0) is 10.2 Å². The van der Waals surface area contributed by atoms with Crippen LogP contribution in [0, 0.1) is 48.2 Å². The molecule has 3 aliphatic rings. The molecule has 4 heterocycles. The van der Waals surface area contributed by atoms with Crippen LogP contribution in [0.3, 0.4) is 0 Å². The molecule has 1 aromatic carbocycles. The lowest BCUT2D eigenvalue weighted by atomic mass is 9.70. The number of hydrogen-bond acceptors (Lipinski definition) is 5. The van der Waals surface area contributed by atoms with E-state index in [1.807, 2.05) is 37.5 Å². The Bertz CT molecular complexity index is 1330. The van der Waals surface area contributed by atoms with Crippen molar-refractivity contribution in [2.75, 3.05) is 45.8 Å². The zero-order valence-corrected chi connectivity index (χ0v) is 25.0. The molecule has 5 rings (SSSR count). The van der Waals surface area contributed by atoms with Crippen molar-refractivity contribution >= 4 is 11.8 Å². The van der Waals surface area contributed by atoms with E-state index in [9.17, 15) is 19.2 Å². The number of halogens is 1. The number of aryl methyl sites for hydroxylation is 2. The van der Waals surface area contributed by atoms with Gasteiger partial charge in [-0.05, 0) is 86.2 Å². The van der Waals surface area contributed by atoms with E-state index in [-0.39, 0.29) is 23.0 Å². The molecule has 3 aliphatic heterocycles. The Morgan fingerprint density at radius 1 is 1.05 bits per heavy atom. The van der Waals surface area contributed by atoms with Crippen LogP contribution in [0.5, 0.6) is 0 Å². The topological polar surface area (TPSA) is 80.5 Å². The third kappa shape index (κ3) is 5.88. The molecule has 0 spiro atoms. The van der Waals surface area contributed by atoms with Crippen molar-refractivity contribution in [3.05, 3.63) is 64.2 Å². The molecule has 8 heteroatoms. The summed E-state index contributed by atoms with van der Waals surface area (Å²) in [5, 5.41) is 9.20. The SMILES string of the molecule is Cc1cc(C#N)nc(C)c1C(=O)N1CC2CN(CCC3(c4cccc(F)c4)CCN(C(=O)C(C)(C)C)CC3)CC2C1. The number of carbonyl (C=O) groups is 2. The highest BCUT2D eigenvalue weighted by Gasteiger charge is 2.44. The first kappa shape index (κ1) is 29.2. The highest BCUT2D eigenvalue weighted by molar-refractivity contribution is 5.97. The van der Waals surface area contributed by atoms with Gasteiger partial charge in [0.2, 0.25) is 5.91 Å². The van der Waals surface area contributed by atoms with Gasteiger partial charge in [-0.3, -0.25) is 9.59 Å². The Morgan fingerprint density at radius 3 is 2.27 bits per heavy atom. The molecule has 0 N–H and O–H groups in total. The van der Waals surface area contributed by atoms with E-state index in [0.717, 1.165) is 63.1 Å². The van der Waals surface area contributed by atoms with Crippen LogP contribution in [-0.4, -0.2) is 77.3 Å². The largest absolute Gasteiger partial charge is 0.342 e. The van der Waals surface area contributed by atoms with Crippen molar-refractivity contribution in [1.82, 2.24) is 19.7 Å². The average Bonchev–Trinajstić information content (AvgIpc) is 3.50. The fraction of sp³-hybridized carbons (Fsp3) is 0.576. The highest BCUT2D eigenvalue weighted by Crippen LogP contribution is 2.41. The molecule has 1 aromatic heterocycles. The molecule has 3 saturated heterocycles. The molecule has 3 fully saturated rings. The third-order valence-electron chi connectivity index (χ3n) is 9.57. The van der Waals surface area contributed by atoms with Gasteiger partial charge in [0.15, 0.2) is 0 Å². The minimum Gasteiger partial charge on any atom is -0.342 e. The summed E-state index contributed by atoms with van der Waals surface area (Å²) in [5.41, 5.74) is 2.85. The Kier molecular flexibility index (Phi) is 7.95. The van der Waals surface area contributed by atoms with Crippen molar-refractivity contribution in [1.29, 1.82) is 5.26 Å². The number of amides is 2. The van der Waals surface area contributed by atoms with Crippen LogP contribution in [0.15, 0.2) is 30.3 Å². The molecule has 2 atom stereocenters. The van der Waals surface area contributed by atoms with Crippen LogP contribution in [0.25, 0.3) is 0 Å². The van der Waals surface area contributed by atoms with E-state index in [1.165, 1.54) is 6.07 Å². The van der Waals surface area contributed by atoms with E-state index in [4.69, 9.17) is 0 Å². The van der Waals surface area contributed by atoms with E-state index in [2.05, 4.69) is 22.0 Å². The molecular weight excluding hydrogens is 517 g/mol. The Labute approximate surface area is 243 Å². The Balaban J connectivity index is 1.22. The molecule has 41 heavy (non-hydrogen) atoms. The minimum atomic E-state index is -0.407. The first-order valence-corrected chi connectivity index (χ1v) is 14.9. The highest BCUT2D eigenvalue weighted by atomic mass is 19.1. The quantitative estimate of drug-likeness (QED) is 0.530. The van der Waals surface area contributed by atoms with Gasteiger partial charge in [-0.15, -0.1) is 0 Å². The van der Waals surface area contributed by atoms with Crippen molar-refractivity contribution in [2.45, 2.75) is 59.3 Å². The lowest BCUT2D eigenvalue weighted by Gasteiger charge is -2.44. The molecule has 0 bridgehead atoms. The smallest absolute Gasteiger partial charge is 0.255 e. The number of carbonyl (C=O) groups excluding carboxylic acids is 2. The maximum atomic E-state index is 14.3. The number of piperidine rings is 1. The second-order valence-electron chi connectivity index (χ2n) is 13.5. The predicted molar refractivity (Wildman–Crippen MR) is 156 cm³/mol. The number of aromatic nitrogens is 1. The van der Waals surface area contributed by atoms with Crippen molar-refractivity contribution in [3.63, 3.8) is 0 Å². The molecule has 2 aromatic rings. The molecule has 2 amide bonds. The first-order valence-electron chi connectivity index (χ1n) is 14.9. The van der Waals surface area contributed by atoms with Gasteiger partial charge in [0, 0.05) is 44.7 Å². The third-order valence-corrected chi connectivity index (χ3v) is 9.57. The molecular formula is C33H42FN5O2. The number of likely N-dealkylation sites (tertiary alicyclic amines) is 3. The summed E-state index contributed by atoms with van der Waals surface area (Å²) in [4.78, 5) is 37.1. The van der Waals surface area contributed by atoms with Crippen LogP contribution < -0.4 is 0 Å². The summed E-state index contributed by atoms with van der Waals surface area (Å²) in [7, 11) is 0. The standard InChI is InChI=1S/C33H42FN5O2/c1-22-15-28(17-35)36-23(2)29(22)30(40)39-20-24-18-37(19-25(24)21-39)12-9-33(26-7-6-8-27(34)16-26)10-13-38(14-11-33)31(41)32(3,4)5/h6-8,15-16,24-25H,9-14,18-21H2,1-5H3. The number of rotatable bonds is 5. The normalized spacial score (nSPS) is 22.5. The molecule has 0 aliphatic carbocycles. The molecule has 0 radical (unpaired) electrons. The van der Waals surface area contributed by atoms with Crippen molar-refractivity contribution < 1.29 is 14.0 Å². The summed E-state index contributed by atoms with van der Waals surface area (Å²) in [5.74, 6) is 0.849. The van der Waals surface area contributed by atoms with Gasteiger partial charge in [-0.1, -0.05) is 32.9 Å². The van der Waals surface area contributed by atoms with Crippen LogP contribution in [0.4, 0.5) is 4.39 Å². The van der Waals surface area contributed by atoms with Gasteiger partial charge in [0.25, 0.3) is 5.91 Å². The summed E-state index contributed by atoms with van der Waals surface area (Å²) < 4.78 is 14.3. The molecule has 0 saturated carbocycles. The maximum absolute atomic E-state index is 14.3. The first-order chi connectivity index (χ1) is 19.4. The van der Waals surface area contributed by atoms with Gasteiger partial charge < -0.3 is 14.7 Å². The van der Waals surface area contributed by atoms with Gasteiger partial charge in [-0.25, -0.2) is 9.37 Å². The summed E-state index contributed by atoms with van der Waals surface area (Å²) in [6.45, 7) is 15.2. The lowest BCUT2D eigenvalue weighted by molar-refractivity contribution is -0.141. The predicted octanol–water partition coefficient (Wildman–Crippen LogP) is 4.71. The lowest BCUT2D eigenvalue weighted by Crippen LogP contribution is -2.49. The van der Waals surface area contributed by atoms with Gasteiger partial charge in [0.05, 0.1) is 11.3 Å². The second-order valence-corrected chi connectivity index (χ2v) is 13.5. The van der Waals surface area contributed by atoms with Crippen LogP contribution >= 0.6 is 0 Å². The van der Waals surface area contributed by atoms with Crippen molar-refractivity contribution in [2.24, 2.45) is 17.3 Å². The monoisotopic (exact) mass is 559 g/mol. The van der Waals surface area contributed by atoms with Gasteiger partial charge >= 0.3 is 0 Å². The number of nitriles is 1. The number of nitrogens with zero attached hydrogens (tertiary/aromatic N) is 5. The van der Waals surface area contributed by atoms with Crippen LogP contribution in [0.1, 0.15) is 72.9 Å². The molecule has 218 valence electrons. The van der Waals surface area contributed by atoms with Gasteiger partial charge in [0.1, 0.15) is 17.6 Å². The Morgan fingerprint density at radius 2 is 1.71 bits per heavy atom. The number of hydrogen-bond donors (Lipinski definition) is 0. The van der Waals surface area contributed by atoms with Crippen LogP contribution in [0.2, 0.25) is 0 Å². The van der Waals surface area contributed by atoms with E-state index < -0.39 is 5.41 Å². The summed E-state index contributed by atoms with van der Waals surface area (Å²) in [6.07, 6.45) is 2.59. The zero-order chi connectivity index (χ0) is 29.5. The molecule has 2 unspecified atom stereocenters. The molecule has 7 nitrogen and oxygen atoms in total.